The van der Waals surface area contributed by atoms with E-state index in [1.165, 1.54) is 17.3 Å². The van der Waals surface area contributed by atoms with Crippen LogP contribution in [-0.4, -0.2) is 26.9 Å². The summed E-state index contributed by atoms with van der Waals surface area (Å²) in [6, 6.07) is 21.1. The van der Waals surface area contributed by atoms with Gasteiger partial charge in [0.1, 0.15) is 0 Å². The third-order valence-electron chi connectivity index (χ3n) is 6.78. The van der Waals surface area contributed by atoms with E-state index in [2.05, 4.69) is 53.7 Å². The van der Waals surface area contributed by atoms with E-state index in [9.17, 15) is 9.59 Å². The number of aromatic nitrogens is 1. The molecule has 0 saturated heterocycles. The van der Waals surface area contributed by atoms with Crippen molar-refractivity contribution in [3.05, 3.63) is 118 Å². The molecule has 3 heterocycles. The molecule has 2 aliphatic heterocycles. The standard InChI is InChI=1S/C31H31N5O2S/c1-20(2)23-9-11-24(12-10-23)29-28(30(38)35-25-7-5-4-6-8-25)21(3)34-31-36(29)26(19-39-31)17-27(37)33-18-22-13-15-32-16-14-22/h4-16,19-20,29H,17-18H2,1-3H3,(H,33,37)(H,35,38). The van der Waals surface area contributed by atoms with Gasteiger partial charge in [-0.3, -0.25) is 14.6 Å². The quantitative estimate of drug-likeness (QED) is 0.361. The van der Waals surface area contributed by atoms with Gasteiger partial charge >= 0.3 is 0 Å². The lowest BCUT2D eigenvalue weighted by molar-refractivity contribution is -0.120. The van der Waals surface area contributed by atoms with Crippen LogP contribution in [0.15, 0.2) is 106 Å². The van der Waals surface area contributed by atoms with Gasteiger partial charge < -0.3 is 15.5 Å². The van der Waals surface area contributed by atoms with Gasteiger partial charge in [-0.2, -0.15) is 0 Å². The second-order valence-electron chi connectivity index (χ2n) is 9.84. The highest BCUT2D eigenvalue weighted by molar-refractivity contribution is 8.16. The third-order valence-corrected chi connectivity index (χ3v) is 7.67. The lowest BCUT2D eigenvalue weighted by atomic mass is 9.91. The van der Waals surface area contributed by atoms with Crippen LogP contribution < -0.4 is 10.6 Å². The molecule has 2 N–H and O–H groups in total. The minimum atomic E-state index is -0.420. The summed E-state index contributed by atoms with van der Waals surface area (Å²) in [4.78, 5) is 37.6. The SMILES string of the molecule is CC1=C(C(=O)Nc2ccccc2)C(c2ccc(C(C)C)cc2)N2C(CC(=O)NCc3ccncc3)=CSC2=N1. The van der Waals surface area contributed by atoms with E-state index in [0.717, 1.165) is 22.0 Å². The molecule has 0 fully saturated rings. The number of nitrogens with one attached hydrogen (secondary N) is 2. The van der Waals surface area contributed by atoms with Crippen LogP contribution in [0.4, 0.5) is 5.69 Å². The van der Waals surface area contributed by atoms with Gasteiger partial charge in [0.2, 0.25) is 5.91 Å². The fourth-order valence-corrected chi connectivity index (χ4v) is 5.65. The van der Waals surface area contributed by atoms with Crippen LogP contribution in [0.25, 0.3) is 0 Å². The highest BCUT2D eigenvalue weighted by Crippen LogP contribution is 2.45. The van der Waals surface area contributed by atoms with E-state index < -0.39 is 6.04 Å². The lowest BCUT2D eigenvalue weighted by Crippen LogP contribution is -2.38. The Morgan fingerprint density at radius 1 is 1.00 bits per heavy atom. The van der Waals surface area contributed by atoms with Crippen molar-refractivity contribution in [2.45, 2.75) is 45.7 Å². The first-order valence-corrected chi connectivity index (χ1v) is 13.8. The number of thioether (sulfide) groups is 1. The van der Waals surface area contributed by atoms with Crippen molar-refractivity contribution in [1.82, 2.24) is 15.2 Å². The van der Waals surface area contributed by atoms with Crippen molar-refractivity contribution in [2.24, 2.45) is 4.99 Å². The number of amides is 2. The Hall–Kier alpha value is -4.17. The predicted octanol–water partition coefficient (Wildman–Crippen LogP) is 6.13. The molecule has 0 saturated carbocycles. The van der Waals surface area contributed by atoms with Gasteiger partial charge in [-0.1, -0.05) is 68.1 Å². The summed E-state index contributed by atoms with van der Waals surface area (Å²) in [5.41, 5.74) is 5.92. The second-order valence-corrected chi connectivity index (χ2v) is 10.7. The number of amidine groups is 1. The predicted molar refractivity (Wildman–Crippen MR) is 157 cm³/mol. The molecule has 1 aromatic heterocycles. The van der Waals surface area contributed by atoms with E-state index in [1.54, 1.807) is 12.4 Å². The van der Waals surface area contributed by atoms with Crippen LogP contribution in [0, 0.1) is 0 Å². The van der Waals surface area contributed by atoms with E-state index in [-0.39, 0.29) is 18.2 Å². The molecule has 0 spiro atoms. The summed E-state index contributed by atoms with van der Waals surface area (Å²) in [5.74, 6) is 0.0794. The maximum Gasteiger partial charge on any atom is 0.255 e. The van der Waals surface area contributed by atoms with Gasteiger partial charge in [0.15, 0.2) is 5.17 Å². The molecule has 2 amide bonds. The normalized spacial score (nSPS) is 16.5. The van der Waals surface area contributed by atoms with Gasteiger partial charge in [-0.05, 0) is 59.2 Å². The first kappa shape index (κ1) is 26.4. The average molecular weight is 538 g/mol. The van der Waals surface area contributed by atoms with Gasteiger partial charge in [0.25, 0.3) is 5.91 Å². The number of aliphatic imine (C=N–C) groups is 1. The molecule has 0 aliphatic carbocycles. The zero-order valence-corrected chi connectivity index (χ0v) is 23.0. The Balaban J connectivity index is 1.44. The maximum atomic E-state index is 13.7. The molecule has 198 valence electrons. The van der Waals surface area contributed by atoms with Crippen LogP contribution in [0.1, 0.15) is 55.8 Å². The average Bonchev–Trinajstić information content (AvgIpc) is 3.33. The van der Waals surface area contributed by atoms with Crippen molar-refractivity contribution in [2.75, 3.05) is 5.32 Å². The Bertz CT molecular complexity index is 1450. The van der Waals surface area contributed by atoms with Gasteiger partial charge in [-0.25, -0.2) is 4.99 Å². The van der Waals surface area contributed by atoms with E-state index in [4.69, 9.17) is 4.99 Å². The number of carbonyl (C=O) groups is 2. The summed E-state index contributed by atoms with van der Waals surface area (Å²) in [6.07, 6.45) is 3.59. The first-order valence-electron chi connectivity index (χ1n) is 13.0. The number of rotatable bonds is 8. The van der Waals surface area contributed by atoms with Crippen molar-refractivity contribution >= 4 is 34.4 Å². The third kappa shape index (κ3) is 5.96. The Kier molecular flexibility index (Phi) is 7.93. The fraction of sp³-hybridized carbons (Fsp3) is 0.226. The van der Waals surface area contributed by atoms with Crippen molar-refractivity contribution in [3.8, 4) is 0 Å². The topological polar surface area (TPSA) is 86.7 Å². The highest BCUT2D eigenvalue weighted by atomic mass is 32.2. The molecule has 2 aromatic carbocycles. The van der Waals surface area contributed by atoms with Crippen molar-refractivity contribution in [1.29, 1.82) is 0 Å². The molecule has 0 bridgehead atoms. The number of anilines is 1. The van der Waals surface area contributed by atoms with Gasteiger partial charge in [0, 0.05) is 30.3 Å². The molecular formula is C31H31N5O2S. The Morgan fingerprint density at radius 2 is 1.72 bits per heavy atom. The van der Waals surface area contributed by atoms with Crippen molar-refractivity contribution in [3.63, 3.8) is 0 Å². The van der Waals surface area contributed by atoms with Crippen LogP contribution in [0.3, 0.4) is 0 Å². The van der Waals surface area contributed by atoms with E-state index in [1.807, 2.05) is 59.7 Å². The molecule has 2 aliphatic rings. The summed E-state index contributed by atoms with van der Waals surface area (Å²) in [7, 11) is 0. The number of hydrogen-bond acceptors (Lipinski definition) is 6. The minimum absolute atomic E-state index is 0.101. The minimum Gasteiger partial charge on any atom is -0.352 e. The number of fused-ring (bicyclic) bond motifs is 1. The molecule has 5 rings (SSSR count). The molecule has 8 heteroatoms. The summed E-state index contributed by atoms with van der Waals surface area (Å²) >= 11 is 1.48. The lowest BCUT2D eigenvalue weighted by Gasteiger charge is -2.36. The largest absolute Gasteiger partial charge is 0.352 e. The summed E-state index contributed by atoms with van der Waals surface area (Å²) in [5, 5.41) is 8.77. The molecule has 7 nitrogen and oxygen atoms in total. The first-order chi connectivity index (χ1) is 18.9. The van der Waals surface area contributed by atoms with Gasteiger partial charge in [-0.15, -0.1) is 0 Å². The monoisotopic (exact) mass is 537 g/mol. The van der Waals surface area contributed by atoms with Crippen molar-refractivity contribution < 1.29 is 9.59 Å². The Morgan fingerprint density at radius 3 is 2.41 bits per heavy atom. The van der Waals surface area contributed by atoms with E-state index >= 15 is 0 Å². The van der Waals surface area contributed by atoms with Crippen LogP contribution in [0.5, 0.6) is 0 Å². The number of hydrogen-bond donors (Lipinski definition) is 2. The zero-order valence-electron chi connectivity index (χ0n) is 22.2. The molecular weight excluding hydrogens is 506 g/mol. The smallest absolute Gasteiger partial charge is 0.255 e. The van der Waals surface area contributed by atoms with Crippen LogP contribution in [-0.2, 0) is 16.1 Å². The molecule has 39 heavy (non-hydrogen) atoms. The number of nitrogens with zero attached hydrogens (tertiary/aromatic N) is 3. The Labute approximate surface area is 233 Å². The second kappa shape index (κ2) is 11.7. The summed E-state index contributed by atoms with van der Waals surface area (Å²) in [6.45, 7) is 6.61. The number of benzene rings is 2. The van der Waals surface area contributed by atoms with Crippen LogP contribution >= 0.6 is 11.8 Å². The zero-order chi connectivity index (χ0) is 27.4. The number of allylic oxidation sites excluding steroid dienone is 1. The highest BCUT2D eigenvalue weighted by Gasteiger charge is 2.40. The van der Waals surface area contributed by atoms with Gasteiger partial charge in [0.05, 0.1) is 23.7 Å². The summed E-state index contributed by atoms with van der Waals surface area (Å²) < 4.78 is 0. The maximum absolute atomic E-state index is 13.7. The van der Waals surface area contributed by atoms with E-state index in [0.29, 0.717) is 29.4 Å². The van der Waals surface area contributed by atoms with Crippen LogP contribution in [0.2, 0.25) is 0 Å². The fourth-order valence-electron chi connectivity index (χ4n) is 4.69. The molecule has 1 unspecified atom stereocenters. The number of pyridine rings is 1. The molecule has 0 radical (unpaired) electrons. The molecule has 1 atom stereocenters. The molecule has 3 aromatic rings. The number of para-hydroxylation sites is 1. The number of carbonyl (C=O) groups excluding carboxylic acids is 2.